The van der Waals surface area contributed by atoms with Crippen LogP contribution in [0, 0.1) is 0 Å². The van der Waals surface area contributed by atoms with E-state index in [-0.39, 0.29) is 12.4 Å². The molecule has 0 saturated heterocycles. The summed E-state index contributed by atoms with van der Waals surface area (Å²) in [5.74, 6) is -0.00973. The average Bonchev–Trinajstić information content (AvgIpc) is 2.77. The number of benzene rings is 2. The third kappa shape index (κ3) is 4.44. The maximum absolute atomic E-state index is 13.2. The number of carbonyl (C=O) groups is 2. The Morgan fingerprint density at radius 3 is 2.48 bits per heavy atom. The Hall–Kier alpha value is -2.86. The first-order chi connectivity index (χ1) is 15.0. The van der Waals surface area contributed by atoms with Gasteiger partial charge in [0, 0.05) is 33.8 Å². The molecule has 0 saturated carbocycles. The van der Waals surface area contributed by atoms with E-state index in [4.69, 9.17) is 9.47 Å². The van der Waals surface area contributed by atoms with Crippen molar-refractivity contribution in [3.05, 3.63) is 86.7 Å². The number of carbonyl (C=O) groups excluding carboxylic acids is 2. The molecule has 1 aliphatic carbocycles. The summed E-state index contributed by atoms with van der Waals surface area (Å²) in [6.45, 7) is 2.02. The minimum Gasteiger partial charge on any atom is -0.497 e. The fraction of sp³-hybridized carbons (Fsp3) is 0.280. The van der Waals surface area contributed by atoms with Crippen LogP contribution in [0.3, 0.4) is 0 Å². The molecular weight excluding hydrogens is 458 g/mol. The molecule has 6 heteroatoms. The number of rotatable bonds is 5. The number of dihydropyridines is 1. The van der Waals surface area contributed by atoms with Gasteiger partial charge in [0.2, 0.25) is 0 Å². The fourth-order valence-corrected chi connectivity index (χ4v) is 4.46. The van der Waals surface area contributed by atoms with E-state index in [1.165, 1.54) is 0 Å². The van der Waals surface area contributed by atoms with Gasteiger partial charge in [-0.1, -0.05) is 40.2 Å². The van der Waals surface area contributed by atoms with Crippen molar-refractivity contribution in [3.8, 4) is 5.75 Å². The smallest absolute Gasteiger partial charge is 0.337 e. The molecule has 1 unspecified atom stereocenters. The van der Waals surface area contributed by atoms with Gasteiger partial charge in [-0.2, -0.15) is 0 Å². The molecule has 0 spiro atoms. The molecule has 1 heterocycles. The third-order valence-electron chi connectivity index (χ3n) is 5.73. The lowest BCUT2D eigenvalue weighted by atomic mass is 9.75. The molecule has 1 N–H and O–H groups in total. The molecule has 0 radical (unpaired) electrons. The molecule has 1 atom stereocenters. The normalized spacial score (nSPS) is 18.4. The average molecular weight is 482 g/mol. The molecular formula is C25H24BrNO4. The van der Waals surface area contributed by atoms with Crippen LogP contribution in [0.15, 0.2) is 75.5 Å². The molecule has 0 fully saturated rings. The van der Waals surface area contributed by atoms with Crippen LogP contribution in [0.25, 0.3) is 0 Å². The number of ketones is 1. The van der Waals surface area contributed by atoms with Crippen LogP contribution in [0.5, 0.6) is 5.75 Å². The summed E-state index contributed by atoms with van der Waals surface area (Å²) >= 11 is 3.46. The van der Waals surface area contributed by atoms with Crippen molar-refractivity contribution in [3.63, 3.8) is 0 Å². The minimum atomic E-state index is -0.430. The number of nitrogens with one attached hydrogen (secondary N) is 1. The number of Topliss-reactive ketones (excluding diaryl/α,β-unsaturated/α-hetero) is 1. The van der Waals surface area contributed by atoms with Crippen molar-refractivity contribution in [2.45, 2.75) is 38.7 Å². The van der Waals surface area contributed by atoms with E-state index >= 15 is 0 Å². The highest BCUT2D eigenvalue weighted by Crippen LogP contribution is 2.42. The Labute approximate surface area is 190 Å². The fourth-order valence-electron chi connectivity index (χ4n) is 4.19. The lowest BCUT2D eigenvalue weighted by Gasteiger charge is -2.34. The van der Waals surface area contributed by atoms with E-state index in [9.17, 15) is 9.59 Å². The SMILES string of the molecule is COc1ccc(COC(=O)C2=C(C)NC3=C(C(=O)CCC3)C2c2ccc(Br)cc2)cc1. The Morgan fingerprint density at radius 1 is 1.10 bits per heavy atom. The quantitative estimate of drug-likeness (QED) is 0.596. The molecule has 4 rings (SSSR count). The molecule has 1 aliphatic heterocycles. The van der Waals surface area contributed by atoms with Gasteiger partial charge in [-0.15, -0.1) is 0 Å². The summed E-state index contributed by atoms with van der Waals surface area (Å²) in [7, 11) is 1.61. The van der Waals surface area contributed by atoms with E-state index in [0.717, 1.165) is 45.6 Å². The number of methoxy groups -OCH3 is 1. The Bertz CT molecular complexity index is 1070. The second-order valence-corrected chi connectivity index (χ2v) is 8.66. The van der Waals surface area contributed by atoms with Crippen LogP contribution in [0.4, 0.5) is 0 Å². The number of hydrogen-bond acceptors (Lipinski definition) is 5. The van der Waals surface area contributed by atoms with Gasteiger partial charge in [0.25, 0.3) is 0 Å². The molecule has 31 heavy (non-hydrogen) atoms. The third-order valence-corrected chi connectivity index (χ3v) is 6.26. The predicted octanol–water partition coefficient (Wildman–Crippen LogP) is 5.17. The van der Waals surface area contributed by atoms with Gasteiger partial charge in [0.15, 0.2) is 5.78 Å². The molecule has 0 bridgehead atoms. The van der Waals surface area contributed by atoms with Gasteiger partial charge >= 0.3 is 5.97 Å². The van der Waals surface area contributed by atoms with Crippen molar-refractivity contribution in [2.24, 2.45) is 0 Å². The van der Waals surface area contributed by atoms with Crippen molar-refractivity contribution in [1.82, 2.24) is 5.32 Å². The molecule has 2 aliphatic rings. The van der Waals surface area contributed by atoms with Crippen molar-refractivity contribution >= 4 is 27.7 Å². The van der Waals surface area contributed by atoms with E-state index in [0.29, 0.717) is 17.6 Å². The van der Waals surface area contributed by atoms with Gasteiger partial charge in [0.1, 0.15) is 12.4 Å². The molecule has 160 valence electrons. The van der Waals surface area contributed by atoms with Gasteiger partial charge < -0.3 is 14.8 Å². The van der Waals surface area contributed by atoms with Crippen LogP contribution in [-0.2, 0) is 20.9 Å². The second kappa shape index (κ2) is 9.10. The van der Waals surface area contributed by atoms with E-state index in [2.05, 4.69) is 21.2 Å². The molecule has 2 aromatic rings. The topological polar surface area (TPSA) is 64.6 Å². The Morgan fingerprint density at radius 2 is 1.81 bits per heavy atom. The van der Waals surface area contributed by atoms with Crippen LogP contribution in [0.1, 0.15) is 43.2 Å². The standard InChI is InChI=1S/C25H24BrNO4/c1-15-22(25(29)31-14-16-6-12-19(30-2)13-7-16)23(17-8-10-18(26)11-9-17)24-20(27-15)4-3-5-21(24)28/h6-13,23,27H,3-5,14H2,1-2H3. The summed E-state index contributed by atoms with van der Waals surface area (Å²) in [6, 6.07) is 15.2. The van der Waals surface area contributed by atoms with Gasteiger partial charge in [0.05, 0.1) is 12.7 Å². The zero-order chi connectivity index (χ0) is 22.0. The number of allylic oxidation sites excluding steroid dienone is 3. The summed E-state index contributed by atoms with van der Waals surface area (Å²) in [5, 5.41) is 3.32. The predicted molar refractivity (Wildman–Crippen MR) is 121 cm³/mol. The van der Waals surface area contributed by atoms with Crippen LogP contribution in [-0.4, -0.2) is 18.9 Å². The van der Waals surface area contributed by atoms with Crippen LogP contribution >= 0.6 is 15.9 Å². The van der Waals surface area contributed by atoms with E-state index in [1.54, 1.807) is 7.11 Å². The largest absolute Gasteiger partial charge is 0.497 e. The number of halogens is 1. The van der Waals surface area contributed by atoms with Gasteiger partial charge in [-0.25, -0.2) is 4.79 Å². The number of esters is 1. The molecule has 0 aromatic heterocycles. The first kappa shape index (κ1) is 21.4. The van der Waals surface area contributed by atoms with E-state index in [1.807, 2.05) is 55.5 Å². The zero-order valence-corrected chi connectivity index (χ0v) is 19.1. The van der Waals surface area contributed by atoms with Crippen LogP contribution in [0.2, 0.25) is 0 Å². The lowest BCUT2D eigenvalue weighted by molar-refractivity contribution is -0.140. The lowest BCUT2D eigenvalue weighted by Crippen LogP contribution is -2.34. The summed E-state index contributed by atoms with van der Waals surface area (Å²) in [5.41, 5.74) is 4.61. The monoisotopic (exact) mass is 481 g/mol. The zero-order valence-electron chi connectivity index (χ0n) is 17.5. The van der Waals surface area contributed by atoms with Gasteiger partial charge in [-0.05, 0) is 55.2 Å². The summed E-state index contributed by atoms with van der Waals surface area (Å²) < 4.78 is 11.8. The van der Waals surface area contributed by atoms with Crippen molar-refractivity contribution < 1.29 is 19.1 Å². The van der Waals surface area contributed by atoms with Gasteiger partial charge in [-0.3, -0.25) is 4.79 Å². The minimum absolute atomic E-state index is 0.0922. The second-order valence-electron chi connectivity index (χ2n) is 7.74. The maximum Gasteiger partial charge on any atom is 0.337 e. The highest BCUT2D eigenvalue weighted by Gasteiger charge is 2.39. The first-order valence-electron chi connectivity index (χ1n) is 10.3. The highest BCUT2D eigenvalue weighted by molar-refractivity contribution is 9.10. The van der Waals surface area contributed by atoms with Crippen molar-refractivity contribution in [2.75, 3.05) is 7.11 Å². The number of ether oxygens (including phenoxy) is 2. The molecule has 0 amide bonds. The number of hydrogen-bond donors (Lipinski definition) is 1. The Balaban J connectivity index is 1.65. The van der Waals surface area contributed by atoms with Crippen molar-refractivity contribution in [1.29, 1.82) is 0 Å². The molecule has 2 aromatic carbocycles. The maximum atomic E-state index is 13.2. The molecule has 5 nitrogen and oxygen atoms in total. The highest BCUT2D eigenvalue weighted by atomic mass is 79.9. The van der Waals surface area contributed by atoms with Crippen LogP contribution < -0.4 is 10.1 Å². The van der Waals surface area contributed by atoms with E-state index < -0.39 is 11.9 Å². The summed E-state index contributed by atoms with van der Waals surface area (Å²) in [6.07, 6.45) is 2.13. The summed E-state index contributed by atoms with van der Waals surface area (Å²) in [4.78, 5) is 26.1. The first-order valence-corrected chi connectivity index (χ1v) is 11.1. The Kier molecular flexibility index (Phi) is 6.28.